The molecule has 2 saturated carbocycles. The van der Waals surface area contributed by atoms with E-state index in [0.29, 0.717) is 12.8 Å². The maximum atomic E-state index is 13.1. The number of aliphatic hydroxyl groups excluding tert-OH is 2. The molecular formula is C17H24FNO5. The maximum Gasteiger partial charge on any atom is 0.311 e. The first kappa shape index (κ1) is 18.6. The lowest BCUT2D eigenvalue weighted by atomic mass is 9.95. The molecule has 0 amide bonds. The van der Waals surface area contributed by atoms with Crippen LogP contribution in [0.25, 0.3) is 0 Å². The van der Waals surface area contributed by atoms with E-state index >= 15 is 0 Å². The van der Waals surface area contributed by atoms with Crippen molar-refractivity contribution in [2.75, 3.05) is 0 Å². The highest BCUT2D eigenvalue weighted by atomic mass is 19.1. The number of benzene rings is 1. The molecule has 2 fully saturated rings. The van der Waals surface area contributed by atoms with Crippen LogP contribution in [0.2, 0.25) is 0 Å². The highest BCUT2D eigenvalue weighted by Crippen LogP contribution is 2.31. The number of nitrogens with zero attached hydrogens (tertiary/aromatic N) is 1. The van der Waals surface area contributed by atoms with Crippen LogP contribution in [0.3, 0.4) is 0 Å². The number of rotatable bonds is 3. The minimum absolute atomic E-state index is 0.0463. The molecule has 0 bridgehead atoms. The van der Waals surface area contributed by atoms with Crippen molar-refractivity contribution in [2.45, 2.75) is 69.7 Å². The van der Waals surface area contributed by atoms with Crippen molar-refractivity contribution >= 4 is 5.69 Å². The van der Waals surface area contributed by atoms with Gasteiger partial charge >= 0.3 is 5.69 Å². The summed E-state index contributed by atoms with van der Waals surface area (Å²) in [5, 5.41) is 29.3. The van der Waals surface area contributed by atoms with E-state index in [-0.39, 0.29) is 17.5 Å². The van der Waals surface area contributed by atoms with Crippen molar-refractivity contribution in [3.8, 4) is 5.75 Å². The fourth-order valence-corrected chi connectivity index (χ4v) is 3.02. The van der Waals surface area contributed by atoms with Gasteiger partial charge in [-0.1, -0.05) is 19.3 Å². The van der Waals surface area contributed by atoms with Gasteiger partial charge in [0.25, 0.3) is 0 Å². The van der Waals surface area contributed by atoms with Gasteiger partial charge in [0.15, 0.2) is 5.75 Å². The standard InChI is InChI=1S/C12H14FNO4.C5H10O/c13-8-5-6-9(14(16)17)12(7-8)18-11-4-2-1-3-10(11)15;6-5-3-1-2-4-5/h5-7,10-11,15H,1-4H2;5-6H,1-4H2/t10-,11+;/m0./s1. The second kappa shape index (κ2) is 8.94. The molecule has 2 N–H and O–H groups in total. The Morgan fingerprint density at radius 2 is 1.71 bits per heavy atom. The first-order valence-electron chi connectivity index (χ1n) is 8.44. The number of ether oxygens (including phenoxy) is 1. The molecule has 0 spiro atoms. The fraction of sp³-hybridized carbons (Fsp3) is 0.647. The zero-order chi connectivity index (χ0) is 17.5. The zero-order valence-electron chi connectivity index (χ0n) is 13.6. The fourth-order valence-electron chi connectivity index (χ4n) is 3.02. The van der Waals surface area contributed by atoms with E-state index in [9.17, 15) is 19.6 Å². The zero-order valence-corrected chi connectivity index (χ0v) is 13.6. The first-order chi connectivity index (χ1) is 11.5. The van der Waals surface area contributed by atoms with Gasteiger partial charge in [-0.15, -0.1) is 0 Å². The third-order valence-electron chi connectivity index (χ3n) is 4.39. The Kier molecular flexibility index (Phi) is 6.93. The van der Waals surface area contributed by atoms with Gasteiger partial charge in [-0.05, 0) is 38.2 Å². The summed E-state index contributed by atoms with van der Waals surface area (Å²) in [5.41, 5.74) is -0.283. The summed E-state index contributed by atoms with van der Waals surface area (Å²) in [6.45, 7) is 0. The van der Waals surface area contributed by atoms with Crippen LogP contribution in [-0.4, -0.2) is 33.4 Å². The molecule has 0 saturated heterocycles. The summed E-state index contributed by atoms with van der Waals surface area (Å²) < 4.78 is 18.5. The lowest BCUT2D eigenvalue weighted by Crippen LogP contribution is -2.34. The average molecular weight is 341 g/mol. The Hall–Kier alpha value is -1.73. The summed E-state index contributed by atoms with van der Waals surface area (Å²) in [6, 6.07) is 3.07. The van der Waals surface area contributed by atoms with Crippen molar-refractivity contribution < 1.29 is 24.3 Å². The molecule has 0 radical (unpaired) electrons. The van der Waals surface area contributed by atoms with Crippen molar-refractivity contribution in [1.29, 1.82) is 0 Å². The topological polar surface area (TPSA) is 92.8 Å². The van der Waals surface area contributed by atoms with Crippen LogP contribution in [0, 0.1) is 15.9 Å². The smallest absolute Gasteiger partial charge is 0.311 e. The van der Waals surface area contributed by atoms with Gasteiger partial charge < -0.3 is 14.9 Å². The van der Waals surface area contributed by atoms with Gasteiger partial charge in [0, 0.05) is 12.1 Å². The normalized spacial score (nSPS) is 24.1. The van der Waals surface area contributed by atoms with Gasteiger partial charge in [0.05, 0.1) is 17.1 Å². The SMILES string of the molecule is O=[N+]([O-])c1ccc(F)cc1O[C@@H]1CCCC[C@@H]1O.OC1CCCC1. The highest BCUT2D eigenvalue weighted by Gasteiger charge is 2.27. The number of aliphatic hydroxyl groups is 2. The third-order valence-corrected chi connectivity index (χ3v) is 4.39. The van der Waals surface area contributed by atoms with Crippen molar-refractivity contribution in [3.63, 3.8) is 0 Å². The molecule has 0 aromatic heterocycles. The highest BCUT2D eigenvalue weighted by molar-refractivity contribution is 5.46. The molecule has 134 valence electrons. The summed E-state index contributed by atoms with van der Waals surface area (Å²) in [4.78, 5) is 10.2. The number of halogens is 1. The van der Waals surface area contributed by atoms with Gasteiger partial charge in [-0.3, -0.25) is 10.1 Å². The lowest BCUT2D eigenvalue weighted by Gasteiger charge is -2.27. The monoisotopic (exact) mass is 341 g/mol. The molecule has 24 heavy (non-hydrogen) atoms. The molecule has 0 aliphatic heterocycles. The van der Waals surface area contributed by atoms with Crippen LogP contribution in [0.4, 0.5) is 10.1 Å². The Morgan fingerprint density at radius 1 is 1.08 bits per heavy atom. The van der Waals surface area contributed by atoms with E-state index in [1.165, 1.54) is 12.8 Å². The van der Waals surface area contributed by atoms with Crippen LogP contribution in [-0.2, 0) is 0 Å². The Balaban J connectivity index is 0.000000292. The third kappa shape index (κ3) is 5.42. The van der Waals surface area contributed by atoms with E-state index in [1.807, 2.05) is 0 Å². The van der Waals surface area contributed by atoms with E-state index in [0.717, 1.165) is 43.9 Å². The largest absolute Gasteiger partial charge is 0.481 e. The van der Waals surface area contributed by atoms with E-state index in [1.54, 1.807) is 0 Å². The summed E-state index contributed by atoms with van der Waals surface area (Å²) in [5.74, 6) is -0.716. The predicted molar refractivity (Wildman–Crippen MR) is 86.4 cm³/mol. The number of hydrogen-bond acceptors (Lipinski definition) is 5. The molecule has 2 aliphatic rings. The van der Waals surface area contributed by atoms with Gasteiger partial charge in [-0.2, -0.15) is 0 Å². The summed E-state index contributed by atoms with van der Waals surface area (Å²) >= 11 is 0. The number of nitro benzene ring substituents is 1. The van der Waals surface area contributed by atoms with Crippen molar-refractivity contribution in [3.05, 3.63) is 34.1 Å². The lowest BCUT2D eigenvalue weighted by molar-refractivity contribution is -0.386. The molecular weight excluding hydrogens is 317 g/mol. The van der Waals surface area contributed by atoms with E-state index < -0.39 is 22.9 Å². The molecule has 6 nitrogen and oxygen atoms in total. The van der Waals surface area contributed by atoms with Crippen LogP contribution in [0.15, 0.2) is 18.2 Å². The average Bonchev–Trinajstić information content (AvgIpc) is 3.01. The second-order valence-electron chi connectivity index (χ2n) is 6.32. The van der Waals surface area contributed by atoms with Crippen molar-refractivity contribution in [2.24, 2.45) is 0 Å². The Bertz CT molecular complexity index is 548. The molecule has 0 unspecified atom stereocenters. The predicted octanol–water partition coefficient (Wildman–Crippen LogP) is 3.34. The Labute approximate surface area is 140 Å². The molecule has 2 atom stereocenters. The van der Waals surface area contributed by atoms with E-state index in [2.05, 4.69) is 0 Å². The molecule has 1 aromatic carbocycles. The maximum absolute atomic E-state index is 13.1. The second-order valence-corrected chi connectivity index (χ2v) is 6.32. The van der Waals surface area contributed by atoms with E-state index in [4.69, 9.17) is 9.84 Å². The van der Waals surface area contributed by atoms with Crippen LogP contribution in [0.1, 0.15) is 51.4 Å². The summed E-state index contributed by atoms with van der Waals surface area (Å²) in [6.07, 6.45) is 6.48. The van der Waals surface area contributed by atoms with Gasteiger partial charge in [-0.25, -0.2) is 4.39 Å². The molecule has 3 rings (SSSR count). The minimum atomic E-state index is -0.651. The number of hydrogen-bond donors (Lipinski definition) is 2. The minimum Gasteiger partial charge on any atom is -0.481 e. The van der Waals surface area contributed by atoms with Crippen molar-refractivity contribution in [1.82, 2.24) is 0 Å². The molecule has 2 aliphatic carbocycles. The quantitative estimate of drug-likeness (QED) is 0.650. The molecule has 1 aromatic rings. The van der Waals surface area contributed by atoms with Gasteiger partial charge in [0.2, 0.25) is 0 Å². The molecule has 0 heterocycles. The van der Waals surface area contributed by atoms with Crippen LogP contribution < -0.4 is 4.74 Å². The van der Waals surface area contributed by atoms with Gasteiger partial charge in [0.1, 0.15) is 11.9 Å². The summed E-state index contributed by atoms with van der Waals surface area (Å²) in [7, 11) is 0. The molecule has 7 heteroatoms. The van der Waals surface area contributed by atoms with Crippen LogP contribution >= 0.6 is 0 Å². The Morgan fingerprint density at radius 3 is 2.25 bits per heavy atom. The first-order valence-corrected chi connectivity index (χ1v) is 8.44. The number of nitro groups is 1. The van der Waals surface area contributed by atoms with Crippen LogP contribution in [0.5, 0.6) is 5.75 Å².